The molecule has 3 nitrogen and oxygen atoms in total. The summed E-state index contributed by atoms with van der Waals surface area (Å²) in [6, 6.07) is 0. The number of hydrogen-bond donors (Lipinski definition) is 2. The Kier molecular flexibility index (Phi) is 3.28. The van der Waals surface area contributed by atoms with Gasteiger partial charge in [0.1, 0.15) is 0 Å². The molecule has 2 aliphatic rings. The quantitative estimate of drug-likeness (QED) is 0.598. The van der Waals surface area contributed by atoms with Crippen molar-refractivity contribution >= 4 is 11.8 Å². The maximum absolute atomic E-state index is 5.66. The Balaban J connectivity index is 1.80. The zero-order chi connectivity index (χ0) is 8.23. The lowest BCUT2D eigenvalue weighted by molar-refractivity contribution is 0.0442. The molecule has 12 heavy (non-hydrogen) atoms. The highest BCUT2D eigenvalue weighted by atomic mass is 32.2. The van der Waals surface area contributed by atoms with Gasteiger partial charge in [-0.05, 0) is 0 Å². The number of nitrogens with one attached hydrogen (secondary N) is 2. The predicted octanol–water partition coefficient (Wildman–Crippen LogP) is -0.157. The lowest BCUT2D eigenvalue weighted by atomic mass is 10.2. The Morgan fingerprint density at radius 2 is 2.33 bits per heavy atom. The molecule has 69 valence electrons. The summed E-state index contributed by atoms with van der Waals surface area (Å²) in [4.78, 5) is 0. The SMILES string of the molecule is C1CS[C](C2CNCCO2)CN1. The van der Waals surface area contributed by atoms with E-state index in [0.717, 1.165) is 32.8 Å². The fourth-order valence-corrected chi connectivity index (χ4v) is 2.55. The van der Waals surface area contributed by atoms with Crippen molar-refractivity contribution in [3.63, 3.8) is 0 Å². The number of thioether (sulfide) groups is 1. The lowest BCUT2D eigenvalue weighted by Crippen LogP contribution is -2.45. The highest BCUT2D eigenvalue weighted by Crippen LogP contribution is 2.27. The van der Waals surface area contributed by atoms with Gasteiger partial charge >= 0.3 is 0 Å². The zero-order valence-corrected chi connectivity index (χ0v) is 7.95. The molecule has 2 rings (SSSR count). The third kappa shape index (κ3) is 2.13. The third-order valence-corrected chi connectivity index (χ3v) is 3.34. The van der Waals surface area contributed by atoms with Crippen molar-refractivity contribution in [2.24, 2.45) is 0 Å². The van der Waals surface area contributed by atoms with Crippen molar-refractivity contribution in [1.82, 2.24) is 10.6 Å². The molecule has 2 saturated heterocycles. The lowest BCUT2D eigenvalue weighted by Gasteiger charge is -2.32. The van der Waals surface area contributed by atoms with E-state index in [1.807, 2.05) is 11.8 Å². The van der Waals surface area contributed by atoms with Gasteiger partial charge < -0.3 is 15.4 Å². The molecule has 0 saturated carbocycles. The second-order valence-electron chi connectivity index (χ2n) is 3.06. The van der Waals surface area contributed by atoms with E-state index in [0.29, 0.717) is 6.10 Å². The Labute approximate surface area is 77.6 Å². The summed E-state index contributed by atoms with van der Waals surface area (Å²) in [7, 11) is 0. The van der Waals surface area contributed by atoms with Gasteiger partial charge in [0.05, 0.1) is 18.0 Å². The first kappa shape index (κ1) is 8.81. The van der Waals surface area contributed by atoms with Crippen LogP contribution in [0.25, 0.3) is 0 Å². The van der Waals surface area contributed by atoms with E-state index in [9.17, 15) is 0 Å². The summed E-state index contributed by atoms with van der Waals surface area (Å²) >= 11 is 1.96. The van der Waals surface area contributed by atoms with Crippen LogP contribution >= 0.6 is 11.8 Å². The van der Waals surface area contributed by atoms with Crippen LogP contribution in [0, 0.1) is 5.25 Å². The monoisotopic (exact) mass is 187 g/mol. The third-order valence-electron chi connectivity index (χ3n) is 2.15. The first-order chi connectivity index (χ1) is 5.97. The molecule has 1 unspecified atom stereocenters. The number of morpholine rings is 1. The number of rotatable bonds is 1. The van der Waals surface area contributed by atoms with Crippen LogP contribution in [0.4, 0.5) is 0 Å². The second-order valence-corrected chi connectivity index (χ2v) is 4.28. The molecule has 0 bridgehead atoms. The van der Waals surface area contributed by atoms with Gasteiger partial charge in [-0.2, -0.15) is 0 Å². The van der Waals surface area contributed by atoms with Gasteiger partial charge in [-0.25, -0.2) is 0 Å². The van der Waals surface area contributed by atoms with Crippen molar-refractivity contribution in [3.05, 3.63) is 5.25 Å². The standard InChI is InChI=1S/C8H15N2OS/c1-3-11-7(5-9-1)8-6-10-2-4-12-8/h7,9-10H,1-6H2. The van der Waals surface area contributed by atoms with E-state index in [-0.39, 0.29) is 0 Å². The van der Waals surface area contributed by atoms with Gasteiger partial charge in [0.2, 0.25) is 0 Å². The van der Waals surface area contributed by atoms with Crippen molar-refractivity contribution in [1.29, 1.82) is 0 Å². The predicted molar refractivity (Wildman–Crippen MR) is 51.2 cm³/mol. The van der Waals surface area contributed by atoms with Gasteiger partial charge in [0.25, 0.3) is 0 Å². The molecule has 0 aromatic rings. The molecule has 2 heterocycles. The van der Waals surface area contributed by atoms with E-state index in [4.69, 9.17) is 4.74 Å². The first-order valence-electron chi connectivity index (χ1n) is 4.48. The van der Waals surface area contributed by atoms with Crippen molar-refractivity contribution < 1.29 is 4.74 Å². The van der Waals surface area contributed by atoms with E-state index in [1.54, 1.807) is 0 Å². The zero-order valence-electron chi connectivity index (χ0n) is 7.14. The normalized spacial score (nSPS) is 33.5. The van der Waals surface area contributed by atoms with Crippen molar-refractivity contribution in [3.8, 4) is 0 Å². The van der Waals surface area contributed by atoms with Gasteiger partial charge in [0, 0.05) is 31.9 Å². The summed E-state index contributed by atoms with van der Waals surface area (Å²) in [6.07, 6.45) is 0.344. The van der Waals surface area contributed by atoms with Gasteiger partial charge in [0.15, 0.2) is 0 Å². The minimum atomic E-state index is 0.344. The van der Waals surface area contributed by atoms with Crippen LogP contribution in [-0.2, 0) is 4.74 Å². The number of hydrogen-bond acceptors (Lipinski definition) is 4. The molecule has 1 radical (unpaired) electrons. The van der Waals surface area contributed by atoms with Crippen molar-refractivity contribution in [2.75, 3.05) is 38.5 Å². The summed E-state index contributed by atoms with van der Waals surface area (Å²) in [6.45, 7) is 5.01. The molecule has 0 aromatic carbocycles. The number of ether oxygens (including phenoxy) is 1. The molecule has 1 atom stereocenters. The van der Waals surface area contributed by atoms with Crippen LogP contribution in [0.15, 0.2) is 0 Å². The van der Waals surface area contributed by atoms with E-state index in [2.05, 4.69) is 10.6 Å². The van der Waals surface area contributed by atoms with Gasteiger partial charge in [-0.1, -0.05) is 0 Å². The molecule has 0 amide bonds. The van der Waals surface area contributed by atoms with Gasteiger partial charge in [-0.15, -0.1) is 11.8 Å². The van der Waals surface area contributed by atoms with Crippen LogP contribution in [0.1, 0.15) is 0 Å². The Hall–Kier alpha value is 0.230. The molecule has 4 heteroatoms. The molecule has 0 spiro atoms. The topological polar surface area (TPSA) is 33.3 Å². The summed E-state index contributed by atoms with van der Waals surface area (Å²) in [5.41, 5.74) is 0. The fraction of sp³-hybridized carbons (Fsp3) is 0.875. The summed E-state index contributed by atoms with van der Waals surface area (Å²) < 4.78 is 5.66. The van der Waals surface area contributed by atoms with Crippen molar-refractivity contribution in [2.45, 2.75) is 6.10 Å². The summed E-state index contributed by atoms with van der Waals surface area (Å²) in [5, 5.41) is 8.18. The molecule has 0 aliphatic carbocycles. The Bertz CT molecular complexity index is 117. The van der Waals surface area contributed by atoms with Gasteiger partial charge in [-0.3, -0.25) is 0 Å². The molecule has 2 N–H and O–H groups in total. The fourth-order valence-electron chi connectivity index (χ4n) is 1.50. The summed E-state index contributed by atoms with van der Waals surface area (Å²) in [5.74, 6) is 1.19. The van der Waals surface area contributed by atoms with E-state index >= 15 is 0 Å². The molecule has 2 fully saturated rings. The highest BCUT2D eigenvalue weighted by Gasteiger charge is 2.26. The van der Waals surface area contributed by atoms with Crippen LogP contribution in [0.5, 0.6) is 0 Å². The van der Waals surface area contributed by atoms with Crippen LogP contribution in [0.2, 0.25) is 0 Å². The highest BCUT2D eigenvalue weighted by molar-refractivity contribution is 8.02. The van der Waals surface area contributed by atoms with Crippen LogP contribution in [0.3, 0.4) is 0 Å². The Morgan fingerprint density at radius 1 is 1.33 bits per heavy atom. The average Bonchev–Trinajstić information content (AvgIpc) is 2.21. The minimum absolute atomic E-state index is 0.344. The molecular formula is C8H15N2OS. The Morgan fingerprint density at radius 3 is 3.00 bits per heavy atom. The molecule has 2 aliphatic heterocycles. The smallest absolute Gasteiger partial charge is 0.0873 e. The molecular weight excluding hydrogens is 172 g/mol. The average molecular weight is 187 g/mol. The second kappa shape index (κ2) is 4.46. The van der Waals surface area contributed by atoms with E-state index < -0.39 is 0 Å². The van der Waals surface area contributed by atoms with E-state index in [1.165, 1.54) is 11.0 Å². The maximum atomic E-state index is 5.66. The first-order valence-corrected chi connectivity index (χ1v) is 5.47. The molecule has 0 aromatic heterocycles. The van der Waals surface area contributed by atoms with Crippen LogP contribution < -0.4 is 10.6 Å². The maximum Gasteiger partial charge on any atom is 0.0873 e. The van der Waals surface area contributed by atoms with Crippen LogP contribution in [-0.4, -0.2) is 44.6 Å². The largest absolute Gasteiger partial charge is 0.374 e. The minimum Gasteiger partial charge on any atom is -0.374 e.